The molecule has 2 aromatic rings. The third kappa shape index (κ3) is 4.48. The molecule has 5 heteroatoms. The van der Waals surface area contributed by atoms with E-state index in [-0.39, 0.29) is 30.3 Å². The molecule has 0 radical (unpaired) electrons. The van der Waals surface area contributed by atoms with Crippen LogP contribution in [-0.4, -0.2) is 24.5 Å². The first-order chi connectivity index (χ1) is 12.8. The van der Waals surface area contributed by atoms with Crippen molar-refractivity contribution in [2.75, 3.05) is 16.8 Å². The Hall–Kier alpha value is -2.82. The van der Waals surface area contributed by atoms with Crippen molar-refractivity contribution in [2.45, 2.75) is 40.2 Å². The summed E-state index contributed by atoms with van der Waals surface area (Å²) in [5.74, 6) is 0.0728. The first-order valence-electron chi connectivity index (χ1n) is 9.28. The zero-order chi connectivity index (χ0) is 19.6. The summed E-state index contributed by atoms with van der Waals surface area (Å²) < 4.78 is 5.75. The number of rotatable bonds is 5. The van der Waals surface area contributed by atoms with Crippen LogP contribution in [0.15, 0.2) is 42.5 Å². The maximum atomic E-state index is 12.8. The molecule has 1 aliphatic heterocycles. The summed E-state index contributed by atoms with van der Waals surface area (Å²) in [4.78, 5) is 27.0. The van der Waals surface area contributed by atoms with Gasteiger partial charge in [0, 0.05) is 18.7 Å². The van der Waals surface area contributed by atoms with Gasteiger partial charge in [0.05, 0.1) is 17.7 Å². The predicted molar refractivity (Wildman–Crippen MR) is 107 cm³/mol. The molecule has 3 rings (SSSR count). The number of nitrogens with one attached hydrogen (secondary N) is 1. The summed E-state index contributed by atoms with van der Waals surface area (Å²) in [6, 6.07) is 13.4. The largest absolute Gasteiger partial charge is 0.489 e. The van der Waals surface area contributed by atoms with Gasteiger partial charge >= 0.3 is 0 Å². The van der Waals surface area contributed by atoms with E-state index in [2.05, 4.69) is 11.4 Å². The second-order valence-corrected chi connectivity index (χ2v) is 7.40. The molecule has 1 atom stereocenters. The molecule has 142 valence electrons. The Morgan fingerprint density at radius 3 is 2.48 bits per heavy atom. The lowest BCUT2D eigenvalue weighted by molar-refractivity contribution is -0.122. The van der Waals surface area contributed by atoms with Crippen LogP contribution in [0.25, 0.3) is 0 Å². The molecule has 1 saturated heterocycles. The lowest BCUT2D eigenvalue weighted by atomic mass is 10.1. The molecule has 1 N–H and O–H groups in total. The first-order valence-corrected chi connectivity index (χ1v) is 9.28. The summed E-state index contributed by atoms with van der Waals surface area (Å²) >= 11 is 0. The minimum atomic E-state index is -0.384. The number of anilines is 2. The molecule has 5 nitrogen and oxygen atoms in total. The molecule has 0 bridgehead atoms. The van der Waals surface area contributed by atoms with Gasteiger partial charge in [-0.3, -0.25) is 9.59 Å². The fraction of sp³-hybridized carbons (Fsp3) is 0.364. The third-order valence-corrected chi connectivity index (χ3v) is 4.52. The van der Waals surface area contributed by atoms with Crippen LogP contribution in [0.4, 0.5) is 11.4 Å². The number of carbonyl (C=O) groups is 2. The van der Waals surface area contributed by atoms with Crippen LogP contribution >= 0.6 is 0 Å². The van der Waals surface area contributed by atoms with Crippen LogP contribution in [-0.2, 0) is 9.59 Å². The lowest BCUT2D eigenvalue weighted by Gasteiger charge is -2.19. The van der Waals surface area contributed by atoms with Crippen molar-refractivity contribution in [3.63, 3.8) is 0 Å². The second kappa shape index (κ2) is 7.82. The molecule has 0 aromatic heterocycles. The van der Waals surface area contributed by atoms with Crippen molar-refractivity contribution < 1.29 is 14.3 Å². The highest BCUT2D eigenvalue weighted by molar-refractivity contribution is 6.04. The summed E-state index contributed by atoms with van der Waals surface area (Å²) in [5, 5.41) is 2.93. The lowest BCUT2D eigenvalue weighted by Crippen LogP contribution is -2.28. The Bertz CT molecular complexity index is 840. The summed E-state index contributed by atoms with van der Waals surface area (Å²) in [6.45, 7) is 8.28. The highest BCUT2D eigenvalue weighted by atomic mass is 16.5. The second-order valence-electron chi connectivity index (χ2n) is 7.40. The third-order valence-electron chi connectivity index (χ3n) is 4.52. The number of amides is 2. The van der Waals surface area contributed by atoms with Gasteiger partial charge in [-0.15, -0.1) is 0 Å². The molecular formula is C22H26N2O3. The molecule has 1 aliphatic rings. The van der Waals surface area contributed by atoms with Crippen molar-refractivity contribution in [1.29, 1.82) is 0 Å². The fourth-order valence-corrected chi connectivity index (χ4v) is 3.40. The number of para-hydroxylation sites is 2. The summed E-state index contributed by atoms with van der Waals surface area (Å²) in [5.41, 5.74) is 3.70. The molecule has 1 unspecified atom stereocenters. The van der Waals surface area contributed by atoms with Gasteiger partial charge < -0.3 is 15.0 Å². The average Bonchev–Trinajstić information content (AvgIpc) is 2.97. The number of carbonyl (C=O) groups excluding carboxylic acids is 2. The van der Waals surface area contributed by atoms with Gasteiger partial charge in [0.2, 0.25) is 11.8 Å². The van der Waals surface area contributed by atoms with Gasteiger partial charge in [-0.1, -0.05) is 18.2 Å². The van der Waals surface area contributed by atoms with E-state index in [1.807, 2.05) is 64.1 Å². The van der Waals surface area contributed by atoms with Crippen molar-refractivity contribution >= 4 is 23.2 Å². The minimum Gasteiger partial charge on any atom is -0.489 e. The Morgan fingerprint density at radius 1 is 1.15 bits per heavy atom. The molecule has 0 saturated carbocycles. The highest BCUT2D eigenvalue weighted by Gasteiger charge is 2.35. The molecule has 1 heterocycles. The summed E-state index contributed by atoms with van der Waals surface area (Å²) in [6.07, 6.45) is 0.225. The van der Waals surface area contributed by atoms with E-state index < -0.39 is 0 Å². The van der Waals surface area contributed by atoms with Gasteiger partial charge in [-0.25, -0.2) is 0 Å². The summed E-state index contributed by atoms with van der Waals surface area (Å²) in [7, 11) is 0. The molecule has 0 spiro atoms. The normalized spacial score (nSPS) is 16.7. The molecule has 2 amide bonds. The SMILES string of the molecule is Cc1cc(C)cc(N2CC(C(=O)Nc3ccccc3OC(C)C)CC2=O)c1. The Balaban J connectivity index is 1.73. The average molecular weight is 366 g/mol. The number of nitrogens with zero attached hydrogens (tertiary/aromatic N) is 1. The van der Waals surface area contributed by atoms with Gasteiger partial charge in [-0.05, 0) is 63.1 Å². The Morgan fingerprint density at radius 2 is 1.81 bits per heavy atom. The zero-order valence-electron chi connectivity index (χ0n) is 16.3. The van der Waals surface area contributed by atoms with Gasteiger partial charge in [0.25, 0.3) is 0 Å². The van der Waals surface area contributed by atoms with Crippen LogP contribution in [0, 0.1) is 19.8 Å². The molecule has 0 aliphatic carbocycles. The van der Waals surface area contributed by atoms with Crippen molar-refractivity contribution in [3.05, 3.63) is 53.6 Å². The monoisotopic (exact) mass is 366 g/mol. The van der Waals surface area contributed by atoms with Crippen LogP contribution in [0.3, 0.4) is 0 Å². The minimum absolute atomic E-state index is 0.0103. The number of hydrogen-bond donors (Lipinski definition) is 1. The van der Waals surface area contributed by atoms with E-state index in [0.29, 0.717) is 18.0 Å². The number of ether oxygens (including phenoxy) is 1. The van der Waals surface area contributed by atoms with Crippen molar-refractivity contribution in [3.8, 4) is 5.75 Å². The topological polar surface area (TPSA) is 58.6 Å². The van der Waals surface area contributed by atoms with Gasteiger partial charge in [0.1, 0.15) is 5.75 Å². The van der Waals surface area contributed by atoms with Crippen LogP contribution in [0.5, 0.6) is 5.75 Å². The van der Waals surface area contributed by atoms with E-state index in [0.717, 1.165) is 16.8 Å². The predicted octanol–water partition coefficient (Wildman–Crippen LogP) is 4.08. The number of benzene rings is 2. The zero-order valence-corrected chi connectivity index (χ0v) is 16.3. The van der Waals surface area contributed by atoms with E-state index in [4.69, 9.17) is 4.74 Å². The van der Waals surface area contributed by atoms with Crippen molar-refractivity contribution in [2.24, 2.45) is 5.92 Å². The van der Waals surface area contributed by atoms with Gasteiger partial charge in [-0.2, -0.15) is 0 Å². The Kier molecular flexibility index (Phi) is 5.49. The maximum absolute atomic E-state index is 12.8. The van der Waals surface area contributed by atoms with Crippen LogP contribution < -0.4 is 15.0 Å². The Labute approximate surface area is 160 Å². The number of aryl methyl sites for hydroxylation is 2. The molecular weight excluding hydrogens is 340 g/mol. The highest BCUT2D eigenvalue weighted by Crippen LogP contribution is 2.30. The molecule has 1 fully saturated rings. The van der Waals surface area contributed by atoms with Crippen LogP contribution in [0.1, 0.15) is 31.4 Å². The standard InChI is InChI=1S/C22H26N2O3/c1-14(2)27-20-8-6-5-7-19(20)23-22(26)17-12-21(25)24(13-17)18-10-15(3)9-16(4)11-18/h5-11,14,17H,12-13H2,1-4H3,(H,23,26). The van der Waals surface area contributed by atoms with Crippen LogP contribution in [0.2, 0.25) is 0 Å². The molecule has 2 aromatic carbocycles. The molecule has 27 heavy (non-hydrogen) atoms. The smallest absolute Gasteiger partial charge is 0.229 e. The van der Waals surface area contributed by atoms with Crippen molar-refractivity contribution in [1.82, 2.24) is 0 Å². The van der Waals surface area contributed by atoms with E-state index in [9.17, 15) is 9.59 Å². The fourth-order valence-electron chi connectivity index (χ4n) is 3.40. The number of hydrogen-bond acceptors (Lipinski definition) is 3. The quantitative estimate of drug-likeness (QED) is 0.867. The van der Waals surface area contributed by atoms with E-state index >= 15 is 0 Å². The first kappa shape index (κ1) is 19.0. The van der Waals surface area contributed by atoms with E-state index in [1.165, 1.54) is 0 Å². The maximum Gasteiger partial charge on any atom is 0.229 e. The van der Waals surface area contributed by atoms with Gasteiger partial charge in [0.15, 0.2) is 0 Å². The van der Waals surface area contributed by atoms with E-state index in [1.54, 1.807) is 4.90 Å².